The van der Waals surface area contributed by atoms with E-state index in [0.717, 1.165) is 11.1 Å². The molecule has 0 bridgehead atoms. The van der Waals surface area contributed by atoms with Crippen LogP contribution in [0.15, 0.2) is 41.3 Å². The number of halogens is 2. The summed E-state index contributed by atoms with van der Waals surface area (Å²) < 4.78 is 16.7. The van der Waals surface area contributed by atoms with Gasteiger partial charge in [-0.3, -0.25) is 14.5 Å². The third-order valence-corrected chi connectivity index (χ3v) is 6.57. The third kappa shape index (κ3) is 6.63. The van der Waals surface area contributed by atoms with Gasteiger partial charge in [0.2, 0.25) is 0 Å². The maximum Gasteiger partial charge on any atom is 0.307 e. The van der Waals surface area contributed by atoms with E-state index in [-0.39, 0.29) is 25.5 Å². The molecule has 0 spiro atoms. The topological polar surface area (TPSA) is 65.1 Å². The first-order chi connectivity index (χ1) is 15.8. The molecule has 1 aliphatic heterocycles. The van der Waals surface area contributed by atoms with Gasteiger partial charge in [0, 0.05) is 22.2 Å². The normalized spacial score (nSPS) is 14.7. The second kappa shape index (κ2) is 11.7. The SMILES string of the molecule is CCOc1cc(/C=C2\SC(=S)N(CCC(=O)OC)C2=O)ccc1OCc1ccc(Cl)cc1Cl. The first kappa shape index (κ1) is 25.4. The third-order valence-electron chi connectivity index (χ3n) is 4.60. The van der Waals surface area contributed by atoms with E-state index in [1.165, 1.54) is 23.8 Å². The van der Waals surface area contributed by atoms with E-state index in [0.29, 0.717) is 37.4 Å². The van der Waals surface area contributed by atoms with E-state index < -0.39 is 5.97 Å². The molecule has 10 heteroatoms. The van der Waals surface area contributed by atoms with Crippen LogP contribution in [-0.4, -0.2) is 41.4 Å². The van der Waals surface area contributed by atoms with Gasteiger partial charge in [-0.05, 0) is 42.8 Å². The van der Waals surface area contributed by atoms with Gasteiger partial charge in [0.1, 0.15) is 10.9 Å². The lowest BCUT2D eigenvalue weighted by Gasteiger charge is -2.14. The van der Waals surface area contributed by atoms with Crippen LogP contribution in [0.5, 0.6) is 11.5 Å². The minimum absolute atomic E-state index is 0.0778. The number of hydrogen-bond acceptors (Lipinski definition) is 7. The molecule has 0 aromatic heterocycles. The summed E-state index contributed by atoms with van der Waals surface area (Å²) in [5.74, 6) is 0.442. The van der Waals surface area contributed by atoms with Crippen LogP contribution in [0.4, 0.5) is 0 Å². The van der Waals surface area contributed by atoms with Gasteiger partial charge in [-0.25, -0.2) is 0 Å². The van der Waals surface area contributed by atoms with Crippen molar-refractivity contribution in [2.75, 3.05) is 20.3 Å². The molecule has 0 N–H and O–H groups in total. The number of ether oxygens (including phenoxy) is 3. The number of rotatable bonds is 9. The predicted molar refractivity (Wildman–Crippen MR) is 135 cm³/mol. The number of carbonyl (C=O) groups is 2. The zero-order valence-electron chi connectivity index (χ0n) is 17.9. The Morgan fingerprint density at radius 2 is 1.94 bits per heavy atom. The van der Waals surface area contributed by atoms with Crippen molar-refractivity contribution in [2.24, 2.45) is 0 Å². The molecule has 2 aromatic carbocycles. The lowest BCUT2D eigenvalue weighted by Crippen LogP contribution is -2.30. The molecule has 0 unspecified atom stereocenters. The zero-order chi connectivity index (χ0) is 24.0. The molecule has 0 radical (unpaired) electrons. The van der Waals surface area contributed by atoms with Crippen LogP contribution in [-0.2, 0) is 20.9 Å². The van der Waals surface area contributed by atoms with Gasteiger partial charge >= 0.3 is 5.97 Å². The number of esters is 1. The highest BCUT2D eigenvalue weighted by molar-refractivity contribution is 8.26. The Bertz CT molecular complexity index is 1110. The highest BCUT2D eigenvalue weighted by Crippen LogP contribution is 2.35. The van der Waals surface area contributed by atoms with E-state index in [1.807, 2.05) is 19.1 Å². The number of carbonyl (C=O) groups excluding carboxylic acids is 2. The van der Waals surface area contributed by atoms with Crippen molar-refractivity contribution >= 4 is 69.5 Å². The molecule has 1 saturated heterocycles. The molecule has 3 rings (SSSR count). The van der Waals surface area contributed by atoms with Crippen LogP contribution >= 0.6 is 47.2 Å². The first-order valence-electron chi connectivity index (χ1n) is 9.98. The molecule has 0 atom stereocenters. The minimum Gasteiger partial charge on any atom is -0.490 e. The van der Waals surface area contributed by atoms with E-state index in [4.69, 9.17) is 44.9 Å². The molecule has 6 nitrogen and oxygen atoms in total. The molecule has 174 valence electrons. The second-order valence-electron chi connectivity index (χ2n) is 6.82. The van der Waals surface area contributed by atoms with Crippen LogP contribution in [0.25, 0.3) is 6.08 Å². The number of thioether (sulfide) groups is 1. The number of benzene rings is 2. The number of amides is 1. The van der Waals surface area contributed by atoms with Gasteiger partial charge < -0.3 is 14.2 Å². The van der Waals surface area contributed by atoms with Gasteiger partial charge in [0.15, 0.2) is 11.5 Å². The van der Waals surface area contributed by atoms with Crippen molar-refractivity contribution in [1.82, 2.24) is 4.90 Å². The molecule has 2 aromatic rings. The Morgan fingerprint density at radius 3 is 2.64 bits per heavy atom. The predicted octanol–water partition coefficient (Wildman–Crippen LogP) is 5.74. The lowest BCUT2D eigenvalue weighted by atomic mass is 10.1. The maximum absolute atomic E-state index is 12.7. The number of nitrogens with zero attached hydrogens (tertiary/aromatic N) is 1. The van der Waals surface area contributed by atoms with Crippen LogP contribution in [0.2, 0.25) is 10.0 Å². The fourth-order valence-corrected chi connectivity index (χ4v) is 4.72. The Balaban J connectivity index is 1.75. The largest absolute Gasteiger partial charge is 0.490 e. The Morgan fingerprint density at radius 1 is 1.15 bits per heavy atom. The Kier molecular flexibility index (Phi) is 9.02. The fraction of sp³-hybridized carbons (Fsp3) is 0.261. The maximum atomic E-state index is 12.7. The first-order valence-corrected chi connectivity index (χ1v) is 12.0. The van der Waals surface area contributed by atoms with Crippen LogP contribution in [0, 0.1) is 0 Å². The molecular weight excluding hydrogens is 505 g/mol. The summed E-state index contributed by atoms with van der Waals surface area (Å²) in [6.07, 6.45) is 1.81. The van der Waals surface area contributed by atoms with Gasteiger partial charge in [-0.1, -0.05) is 59.3 Å². The van der Waals surface area contributed by atoms with Gasteiger partial charge in [-0.15, -0.1) is 0 Å². The van der Waals surface area contributed by atoms with E-state index >= 15 is 0 Å². The Hall–Kier alpha value is -2.26. The minimum atomic E-state index is -0.398. The van der Waals surface area contributed by atoms with Crippen LogP contribution in [0.3, 0.4) is 0 Å². The highest BCUT2D eigenvalue weighted by Gasteiger charge is 2.32. The summed E-state index contributed by atoms with van der Waals surface area (Å²) in [5.41, 5.74) is 1.55. The smallest absolute Gasteiger partial charge is 0.307 e. The summed E-state index contributed by atoms with van der Waals surface area (Å²) in [7, 11) is 1.31. The summed E-state index contributed by atoms with van der Waals surface area (Å²) in [6, 6.07) is 10.6. The molecule has 1 aliphatic rings. The van der Waals surface area contributed by atoms with Crippen molar-refractivity contribution in [2.45, 2.75) is 20.0 Å². The molecule has 0 saturated carbocycles. The van der Waals surface area contributed by atoms with Crippen LogP contribution in [0.1, 0.15) is 24.5 Å². The summed E-state index contributed by atoms with van der Waals surface area (Å²) in [4.78, 5) is 26.0. The average Bonchev–Trinajstić information content (AvgIpc) is 3.05. The Labute approximate surface area is 211 Å². The number of hydrogen-bond donors (Lipinski definition) is 0. The van der Waals surface area contributed by atoms with Crippen molar-refractivity contribution in [3.8, 4) is 11.5 Å². The van der Waals surface area contributed by atoms with E-state index in [1.54, 1.807) is 30.3 Å². The lowest BCUT2D eigenvalue weighted by molar-refractivity contribution is -0.140. The van der Waals surface area contributed by atoms with Crippen LogP contribution < -0.4 is 9.47 Å². The fourth-order valence-electron chi connectivity index (χ4n) is 2.95. The van der Waals surface area contributed by atoms with Gasteiger partial charge in [-0.2, -0.15) is 0 Å². The molecule has 1 fully saturated rings. The number of thiocarbonyl (C=S) groups is 1. The molecular formula is C23H21Cl2NO5S2. The number of methoxy groups -OCH3 is 1. The van der Waals surface area contributed by atoms with Crippen molar-refractivity contribution < 1.29 is 23.8 Å². The quantitative estimate of drug-likeness (QED) is 0.235. The molecule has 1 amide bonds. The average molecular weight is 526 g/mol. The monoisotopic (exact) mass is 525 g/mol. The van der Waals surface area contributed by atoms with Crippen molar-refractivity contribution in [1.29, 1.82) is 0 Å². The standard InChI is InChI=1S/C23H21Cl2NO5S2/c1-3-30-19-10-14(4-7-18(19)31-13-15-5-6-16(24)12-17(15)25)11-20-22(28)26(23(32)33-20)9-8-21(27)29-2/h4-7,10-12H,3,8-9,13H2,1-2H3/b20-11-. The van der Waals surface area contributed by atoms with Crippen molar-refractivity contribution in [3.05, 3.63) is 62.5 Å². The summed E-state index contributed by atoms with van der Waals surface area (Å²) in [5, 5.41) is 1.07. The zero-order valence-corrected chi connectivity index (χ0v) is 21.1. The molecule has 1 heterocycles. The van der Waals surface area contributed by atoms with Gasteiger partial charge in [0.25, 0.3) is 5.91 Å². The summed E-state index contributed by atoms with van der Waals surface area (Å²) >= 11 is 18.7. The molecule has 0 aliphatic carbocycles. The second-order valence-corrected chi connectivity index (χ2v) is 9.34. The molecule has 33 heavy (non-hydrogen) atoms. The van der Waals surface area contributed by atoms with E-state index in [2.05, 4.69) is 4.74 Å². The van der Waals surface area contributed by atoms with Crippen molar-refractivity contribution in [3.63, 3.8) is 0 Å². The van der Waals surface area contributed by atoms with Gasteiger partial charge in [0.05, 0.1) is 25.0 Å². The van der Waals surface area contributed by atoms with E-state index in [9.17, 15) is 9.59 Å². The highest BCUT2D eigenvalue weighted by atomic mass is 35.5. The summed E-state index contributed by atoms with van der Waals surface area (Å²) in [6.45, 7) is 2.74.